The van der Waals surface area contributed by atoms with Gasteiger partial charge in [0.05, 0.1) is 24.6 Å². The van der Waals surface area contributed by atoms with E-state index in [2.05, 4.69) is 19.5 Å². The molecule has 0 amide bonds. The highest BCUT2D eigenvalue weighted by Gasteiger charge is 2.38. The maximum Gasteiger partial charge on any atom is 0.490 e. The topological polar surface area (TPSA) is 76.2 Å². The van der Waals surface area contributed by atoms with Gasteiger partial charge in [-0.05, 0) is 12.1 Å². The Morgan fingerprint density at radius 3 is 2.57 bits per heavy atom. The summed E-state index contributed by atoms with van der Waals surface area (Å²) in [7, 11) is 1.93. The minimum Gasteiger partial charge on any atom is -0.475 e. The average Bonchev–Trinajstić information content (AvgIpc) is 3.27. The predicted molar refractivity (Wildman–Crippen MR) is 98.6 cm³/mol. The van der Waals surface area contributed by atoms with Crippen LogP contribution in [0.2, 0.25) is 0 Å². The molecule has 0 atom stereocenters. The third-order valence-electron chi connectivity index (χ3n) is 4.47. The van der Waals surface area contributed by atoms with Crippen LogP contribution in [-0.4, -0.2) is 48.0 Å². The molecule has 0 unspecified atom stereocenters. The Hall–Kier alpha value is -3.21. The summed E-state index contributed by atoms with van der Waals surface area (Å²) >= 11 is 0. The maximum absolute atomic E-state index is 13.5. The number of fused-ring (bicyclic) bond motifs is 1. The van der Waals surface area contributed by atoms with Gasteiger partial charge in [0.15, 0.2) is 0 Å². The molecule has 11 heteroatoms. The molecule has 1 aliphatic rings. The van der Waals surface area contributed by atoms with Crippen molar-refractivity contribution in [1.82, 2.24) is 24.2 Å². The molecule has 1 aliphatic heterocycles. The number of aromatic nitrogens is 4. The first-order valence-corrected chi connectivity index (χ1v) is 8.94. The fourth-order valence-corrected chi connectivity index (χ4v) is 3.14. The number of nitrogens with zero attached hydrogens (tertiary/aromatic N) is 5. The van der Waals surface area contributed by atoms with E-state index in [1.54, 1.807) is 12.1 Å². The first kappa shape index (κ1) is 21.5. The molecule has 0 saturated heterocycles. The van der Waals surface area contributed by atoms with Gasteiger partial charge >= 0.3 is 12.1 Å². The molecular formula is C19H19F4N5O2. The summed E-state index contributed by atoms with van der Waals surface area (Å²) in [5, 5.41) is 11.3. The minimum atomic E-state index is -5.08. The van der Waals surface area contributed by atoms with Crippen molar-refractivity contribution >= 4 is 5.97 Å². The lowest BCUT2D eigenvalue weighted by Gasteiger charge is -2.28. The predicted octanol–water partition coefficient (Wildman–Crippen LogP) is 3.07. The molecule has 0 aliphatic carbocycles. The molecule has 0 saturated carbocycles. The first-order valence-electron chi connectivity index (χ1n) is 8.94. The van der Waals surface area contributed by atoms with E-state index in [4.69, 9.17) is 9.90 Å². The van der Waals surface area contributed by atoms with Crippen molar-refractivity contribution < 1.29 is 27.5 Å². The van der Waals surface area contributed by atoms with Crippen LogP contribution < -0.4 is 0 Å². The first-order chi connectivity index (χ1) is 14.1. The van der Waals surface area contributed by atoms with Crippen molar-refractivity contribution in [2.45, 2.75) is 25.8 Å². The van der Waals surface area contributed by atoms with E-state index in [0.29, 0.717) is 0 Å². The highest BCUT2D eigenvalue weighted by atomic mass is 19.4. The van der Waals surface area contributed by atoms with Crippen LogP contribution in [0.15, 0.2) is 42.9 Å². The second-order valence-electron chi connectivity index (χ2n) is 6.76. The van der Waals surface area contributed by atoms with Gasteiger partial charge in [-0.3, -0.25) is 9.58 Å². The summed E-state index contributed by atoms with van der Waals surface area (Å²) in [5.41, 5.74) is 3.07. The van der Waals surface area contributed by atoms with E-state index < -0.39 is 12.1 Å². The summed E-state index contributed by atoms with van der Waals surface area (Å²) in [6, 6.07) is 6.69. The Balaban J connectivity index is 0.000000318. The Morgan fingerprint density at radius 1 is 1.23 bits per heavy atom. The molecule has 4 rings (SSSR count). The number of benzene rings is 1. The number of hydrogen-bond donors (Lipinski definition) is 1. The van der Waals surface area contributed by atoms with Crippen LogP contribution in [0.4, 0.5) is 17.6 Å². The standard InChI is InChI=1S/C17H18FN5.C2HF3O2/c1-21-10-13(8-20-21)11-22-5-6-23-16(9-19-17(23)12-22)14-3-2-4-15(18)7-14;3-2(4,5)1(6)7/h2-4,7-10H,5-6,11-12H2,1H3;(H,6,7). The van der Waals surface area contributed by atoms with Gasteiger partial charge in [0.1, 0.15) is 11.6 Å². The normalized spacial score (nSPS) is 14.0. The van der Waals surface area contributed by atoms with Crippen LogP contribution >= 0.6 is 0 Å². The van der Waals surface area contributed by atoms with E-state index in [-0.39, 0.29) is 5.82 Å². The zero-order valence-corrected chi connectivity index (χ0v) is 16.0. The third kappa shape index (κ3) is 5.23. The van der Waals surface area contributed by atoms with Crippen LogP contribution in [0.1, 0.15) is 11.4 Å². The van der Waals surface area contributed by atoms with Gasteiger partial charge in [-0.15, -0.1) is 0 Å². The van der Waals surface area contributed by atoms with Crippen LogP contribution in [0, 0.1) is 5.82 Å². The highest BCUT2D eigenvalue weighted by Crippen LogP contribution is 2.25. The van der Waals surface area contributed by atoms with E-state index in [1.807, 2.05) is 36.4 Å². The molecule has 3 heterocycles. The summed E-state index contributed by atoms with van der Waals surface area (Å²) < 4.78 is 49.2. The molecule has 2 aromatic heterocycles. The number of aryl methyl sites for hydroxylation is 1. The number of rotatable bonds is 3. The van der Waals surface area contributed by atoms with Crippen LogP contribution in [-0.2, 0) is 31.5 Å². The van der Waals surface area contributed by atoms with Crippen molar-refractivity contribution in [2.24, 2.45) is 7.05 Å². The SMILES string of the molecule is Cn1cc(CN2CCn3c(-c4cccc(F)c4)cnc3C2)cn1.O=C(O)C(F)(F)F. The number of imidazole rings is 1. The summed E-state index contributed by atoms with van der Waals surface area (Å²) in [5.74, 6) is -1.95. The van der Waals surface area contributed by atoms with E-state index >= 15 is 0 Å². The molecule has 0 fully saturated rings. The lowest BCUT2D eigenvalue weighted by atomic mass is 10.1. The van der Waals surface area contributed by atoms with Gasteiger partial charge in [0.25, 0.3) is 0 Å². The molecular weight excluding hydrogens is 406 g/mol. The van der Waals surface area contributed by atoms with Gasteiger partial charge in [0.2, 0.25) is 0 Å². The largest absolute Gasteiger partial charge is 0.490 e. The number of aliphatic carboxylic acids is 1. The van der Waals surface area contributed by atoms with Crippen LogP contribution in [0.3, 0.4) is 0 Å². The van der Waals surface area contributed by atoms with Gasteiger partial charge in [0, 0.05) is 44.0 Å². The molecule has 3 aromatic rings. The number of carboxylic acid groups (broad SMARTS) is 1. The zero-order chi connectivity index (χ0) is 21.9. The summed E-state index contributed by atoms with van der Waals surface area (Å²) in [6.07, 6.45) is 0.705. The lowest BCUT2D eigenvalue weighted by Crippen LogP contribution is -2.33. The van der Waals surface area contributed by atoms with Crippen molar-refractivity contribution in [1.29, 1.82) is 0 Å². The summed E-state index contributed by atoms with van der Waals surface area (Å²) in [4.78, 5) is 15.8. The Labute approximate surface area is 169 Å². The Morgan fingerprint density at radius 2 is 1.97 bits per heavy atom. The minimum absolute atomic E-state index is 0.216. The number of carboxylic acids is 1. The summed E-state index contributed by atoms with van der Waals surface area (Å²) in [6.45, 7) is 3.47. The second kappa shape index (κ2) is 8.66. The van der Waals surface area contributed by atoms with Crippen LogP contribution in [0.25, 0.3) is 11.3 Å². The van der Waals surface area contributed by atoms with Crippen molar-refractivity contribution in [2.75, 3.05) is 6.54 Å². The smallest absolute Gasteiger partial charge is 0.475 e. The van der Waals surface area contributed by atoms with E-state index in [9.17, 15) is 17.6 Å². The molecule has 160 valence electrons. The molecule has 0 radical (unpaired) electrons. The molecule has 0 spiro atoms. The Bertz CT molecular complexity index is 1030. The van der Waals surface area contributed by atoms with Crippen molar-refractivity contribution in [3.8, 4) is 11.3 Å². The lowest BCUT2D eigenvalue weighted by molar-refractivity contribution is -0.192. The van der Waals surface area contributed by atoms with Gasteiger partial charge < -0.3 is 9.67 Å². The fraction of sp³-hybridized carbons (Fsp3) is 0.316. The zero-order valence-electron chi connectivity index (χ0n) is 16.0. The fourth-order valence-electron chi connectivity index (χ4n) is 3.14. The number of alkyl halides is 3. The maximum atomic E-state index is 13.5. The van der Waals surface area contributed by atoms with Crippen molar-refractivity contribution in [3.05, 3.63) is 60.1 Å². The molecule has 0 bridgehead atoms. The second-order valence-corrected chi connectivity index (χ2v) is 6.76. The molecule has 1 aromatic carbocycles. The number of hydrogen-bond acceptors (Lipinski definition) is 4. The third-order valence-corrected chi connectivity index (χ3v) is 4.47. The Kier molecular flexibility index (Phi) is 6.20. The molecule has 30 heavy (non-hydrogen) atoms. The average molecular weight is 425 g/mol. The quantitative estimate of drug-likeness (QED) is 0.653. The van der Waals surface area contributed by atoms with Crippen LogP contribution in [0.5, 0.6) is 0 Å². The number of halogens is 4. The van der Waals surface area contributed by atoms with E-state index in [0.717, 1.165) is 43.3 Å². The van der Waals surface area contributed by atoms with Gasteiger partial charge in [-0.25, -0.2) is 14.2 Å². The highest BCUT2D eigenvalue weighted by molar-refractivity contribution is 5.73. The molecule has 1 N–H and O–H groups in total. The van der Waals surface area contributed by atoms with Gasteiger partial charge in [-0.1, -0.05) is 12.1 Å². The monoisotopic (exact) mass is 425 g/mol. The van der Waals surface area contributed by atoms with Gasteiger partial charge in [-0.2, -0.15) is 18.3 Å². The molecule has 7 nitrogen and oxygen atoms in total. The number of carbonyl (C=O) groups is 1. The van der Waals surface area contributed by atoms with Crippen molar-refractivity contribution in [3.63, 3.8) is 0 Å². The van der Waals surface area contributed by atoms with E-state index in [1.165, 1.54) is 11.6 Å².